The molecule has 0 aliphatic rings. The number of anilines is 6. The van der Waals surface area contributed by atoms with Crippen LogP contribution in [0, 0.1) is 22.7 Å². The van der Waals surface area contributed by atoms with Gasteiger partial charge in [0, 0.05) is 34.1 Å². The highest BCUT2D eigenvalue weighted by molar-refractivity contribution is 5.82. The van der Waals surface area contributed by atoms with Gasteiger partial charge in [-0.15, -0.1) is 0 Å². The minimum Gasteiger partial charge on any atom is -0.497 e. The molecular formula is C50H38N4O2. The first-order valence-corrected chi connectivity index (χ1v) is 18.1. The van der Waals surface area contributed by atoms with Gasteiger partial charge in [-0.05, 0) is 131 Å². The molecule has 0 saturated carbocycles. The molecule has 0 atom stereocenters. The van der Waals surface area contributed by atoms with Crippen molar-refractivity contribution in [2.75, 3.05) is 24.0 Å². The molecule has 0 heterocycles. The summed E-state index contributed by atoms with van der Waals surface area (Å²) < 4.78 is 10.7. The van der Waals surface area contributed by atoms with Crippen molar-refractivity contribution in [1.82, 2.24) is 0 Å². The maximum Gasteiger partial charge on any atom is 0.119 e. The number of hydrogen-bond acceptors (Lipinski definition) is 6. The van der Waals surface area contributed by atoms with Gasteiger partial charge < -0.3 is 19.3 Å². The van der Waals surface area contributed by atoms with E-state index in [1.807, 2.05) is 133 Å². The van der Waals surface area contributed by atoms with Gasteiger partial charge in [-0.1, -0.05) is 85.0 Å². The Bertz CT molecular complexity index is 2350. The highest BCUT2D eigenvalue weighted by Gasteiger charge is 2.14. The van der Waals surface area contributed by atoms with E-state index in [2.05, 4.69) is 70.5 Å². The maximum absolute atomic E-state index is 10.1. The van der Waals surface area contributed by atoms with Crippen LogP contribution in [0.15, 0.2) is 170 Å². The third-order valence-electron chi connectivity index (χ3n) is 9.37. The topological polar surface area (TPSA) is 72.5 Å². The zero-order valence-electron chi connectivity index (χ0n) is 31.1. The van der Waals surface area contributed by atoms with Crippen molar-refractivity contribution < 1.29 is 9.47 Å². The fourth-order valence-corrected chi connectivity index (χ4v) is 6.45. The summed E-state index contributed by atoms with van der Waals surface area (Å²) in [5.74, 6) is 1.59. The molecule has 7 aromatic carbocycles. The molecule has 0 saturated heterocycles. The summed E-state index contributed by atoms with van der Waals surface area (Å²) in [6.07, 6.45) is 7.70. The Morgan fingerprint density at radius 2 is 0.696 bits per heavy atom. The predicted octanol–water partition coefficient (Wildman–Crippen LogP) is 12.7. The number of hydrogen-bond donors (Lipinski definition) is 0. The Morgan fingerprint density at radius 1 is 0.393 bits per heavy atom. The number of nitriles is 2. The average Bonchev–Trinajstić information content (AvgIpc) is 3.27. The SMILES string of the molecule is COc1ccc(N(c2ccccc2)c2ccc(/C=C/c3cc(C#N)c(/C=C/c4ccc(N(c5ccccc5)c5ccc(OC)cc5)cc4)cc3C#N)cc2)cc1. The van der Waals surface area contributed by atoms with Crippen LogP contribution in [-0.4, -0.2) is 14.2 Å². The summed E-state index contributed by atoms with van der Waals surface area (Å²) in [4.78, 5) is 4.37. The number of nitrogens with zero attached hydrogens (tertiary/aromatic N) is 4. The lowest BCUT2D eigenvalue weighted by Gasteiger charge is -2.25. The monoisotopic (exact) mass is 726 g/mol. The van der Waals surface area contributed by atoms with Gasteiger partial charge in [0.05, 0.1) is 37.5 Å². The van der Waals surface area contributed by atoms with Gasteiger partial charge >= 0.3 is 0 Å². The van der Waals surface area contributed by atoms with Crippen molar-refractivity contribution >= 4 is 58.4 Å². The fraction of sp³-hybridized carbons (Fsp3) is 0.0400. The molecule has 0 unspecified atom stereocenters. The van der Waals surface area contributed by atoms with E-state index in [4.69, 9.17) is 9.47 Å². The summed E-state index contributed by atoms with van der Waals surface area (Å²) in [5, 5.41) is 20.2. The van der Waals surface area contributed by atoms with E-state index in [0.717, 1.165) is 56.8 Å². The first-order valence-electron chi connectivity index (χ1n) is 18.1. The molecule has 0 radical (unpaired) electrons. The smallest absolute Gasteiger partial charge is 0.119 e. The number of ether oxygens (including phenoxy) is 2. The Morgan fingerprint density at radius 3 is 1.00 bits per heavy atom. The largest absolute Gasteiger partial charge is 0.497 e. The van der Waals surface area contributed by atoms with E-state index in [9.17, 15) is 10.5 Å². The van der Waals surface area contributed by atoms with E-state index in [1.165, 1.54) is 0 Å². The summed E-state index contributed by atoms with van der Waals surface area (Å²) in [5.41, 5.74) is 10.3. The van der Waals surface area contributed by atoms with Crippen LogP contribution in [0.3, 0.4) is 0 Å². The molecular weight excluding hydrogens is 689 g/mol. The number of benzene rings is 7. The molecule has 6 nitrogen and oxygen atoms in total. The second-order valence-corrected chi connectivity index (χ2v) is 12.8. The molecule has 7 aromatic rings. The number of para-hydroxylation sites is 2. The molecule has 0 spiro atoms. The van der Waals surface area contributed by atoms with Crippen LogP contribution in [0.4, 0.5) is 34.1 Å². The van der Waals surface area contributed by atoms with E-state index in [1.54, 1.807) is 26.4 Å². The molecule has 0 amide bonds. The van der Waals surface area contributed by atoms with Gasteiger partial charge in [0.15, 0.2) is 0 Å². The van der Waals surface area contributed by atoms with Crippen molar-refractivity contribution in [3.63, 3.8) is 0 Å². The first-order chi connectivity index (χ1) is 27.6. The highest BCUT2D eigenvalue weighted by Crippen LogP contribution is 2.37. The van der Waals surface area contributed by atoms with Crippen LogP contribution in [0.1, 0.15) is 33.4 Å². The van der Waals surface area contributed by atoms with E-state index >= 15 is 0 Å². The first kappa shape index (κ1) is 36.6. The average molecular weight is 727 g/mol. The van der Waals surface area contributed by atoms with Crippen LogP contribution in [-0.2, 0) is 0 Å². The summed E-state index contributed by atoms with van der Waals surface area (Å²) >= 11 is 0. The second kappa shape index (κ2) is 17.4. The van der Waals surface area contributed by atoms with Crippen molar-refractivity contribution in [1.29, 1.82) is 10.5 Å². The quantitative estimate of drug-likeness (QED) is 0.117. The highest BCUT2D eigenvalue weighted by atomic mass is 16.5. The molecule has 0 aromatic heterocycles. The lowest BCUT2D eigenvalue weighted by Crippen LogP contribution is -2.09. The molecule has 0 bridgehead atoms. The lowest BCUT2D eigenvalue weighted by molar-refractivity contribution is 0.414. The van der Waals surface area contributed by atoms with Gasteiger partial charge in [-0.2, -0.15) is 10.5 Å². The van der Waals surface area contributed by atoms with Gasteiger partial charge in [-0.25, -0.2) is 0 Å². The van der Waals surface area contributed by atoms with Crippen molar-refractivity contribution in [3.05, 3.63) is 203 Å². The molecule has 0 aliphatic heterocycles. The Labute approximate surface area is 328 Å². The molecule has 56 heavy (non-hydrogen) atoms. The predicted molar refractivity (Wildman–Crippen MR) is 229 cm³/mol. The van der Waals surface area contributed by atoms with Crippen LogP contribution in [0.2, 0.25) is 0 Å². The van der Waals surface area contributed by atoms with E-state index in [0.29, 0.717) is 22.3 Å². The summed E-state index contributed by atoms with van der Waals surface area (Å²) in [7, 11) is 3.32. The minimum absolute atomic E-state index is 0.486. The van der Waals surface area contributed by atoms with Crippen molar-refractivity contribution in [2.24, 2.45) is 0 Å². The maximum atomic E-state index is 10.1. The van der Waals surface area contributed by atoms with Crippen molar-refractivity contribution in [2.45, 2.75) is 0 Å². The lowest BCUT2D eigenvalue weighted by atomic mass is 9.97. The zero-order valence-corrected chi connectivity index (χ0v) is 31.1. The molecule has 6 heteroatoms. The van der Waals surface area contributed by atoms with Crippen LogP contribution >= 0.6 is 0 Å². The van der Waals surface area contributed by atoms with Crippen LogP contribution in [0.5, 0.6) is 11.5 Å². The summed E-state index contributed by atoms with van der Waals surface area (Å²) in [6.45, 7) is 0. The standard InChI is InChI=1S/C50H38N4O2/c1-55-49-29-25-47(26-30-49)53(43-9-5-3-6-10-43)45-21-15-37(16-22-45)13-19-39-33-42(36-52)40(34-41(39)35-51)20-14-38-17-23-46(24-18-38)54(44-11-7-4-8-12-44)48-27-31-50(56-2)32-28-48/h3-34H,1-2H3/b19-13+,20-14+. The van der Waals surface area contributed by atoms with Crippen LogP contribution in [0.25, 0.3) is 24.3 Å². The minimum atomic E-state index is 0.486. The third-order valence-corrected chi connectivity index (χ3v) is 9.37. The Balaban J connectivity index is 1.10. The van der Waals surface area contributed by atoms with Gasteiger partial charge in [-0.3, -0.25) is 0 Å². The van der Waals surface area contributed by atoms with Crippen LogP contribution < -0.4 is 19.3 Å². The number of rotatable bonds is 12. The van der Waals surface area contributed by atoms with Gasteiger partial charge in [0.25, 0.3) is 0 Å². The fourth-order valence-electron chi connectivity index (χ4n) is 6.45. The molecule has 0 aliphatic carbocycles. The summed E-state index contributed by atoms with van der Waals surface area (Å²) in [6, 6.07) is 61.0. The zero-order chi connectivity index (χ0) is 38.7. The number of methoxy groups -OCH3 is 2. The van der Waals surface area contributed by atoms with E-state index in [-0.39, 0.29) is 0 Å². The Hall–Kier alpha value is -7.80. The second-order valence-electron chi connectivity index (χ2n) is 12.8. The van der Waals surface area contributed by atoms with E-state index < -0.39 is 0 Å². The molecule has 7 rings (SSSR count). The van der Waals surface area contributed by atoms with Gasteiger partial charge in [0.1, 0.15) is 11.5 Å². The molecule has 0 N–H and O–H groups in total. The molecule has 270 valence electrons. The van der Waals surface area contributed by atoms with Gasteiger partial charge in [0.2, 0.25) is 0 Å². The van der Waals surface area contributed by atoms with Crippen molar-refractivity contribution in [3.8, 4) is 23.6 Å². The normalized spacial score (nSPS) is 10.9. The Kier molecular flexibility index (Phi) is 11.3. The molecule has 0 fully saturated rings. The third kappa shape index (κ3) is 8.37.